The second-order valence-corrected chi connectivity index (χ2v) is 27.4. The third kappa shape index (κ3) is 55.9. The third-order valence-electron chi connectivity index (χ3n) is 14.7. The van der Waals surface area contributed by atoms with E-state index in [0.29, 0.717) is 37.5 Å². The van der Waals surface area contributed by atoms with Crippen LogP contribution in [0.15, 0.2) is 0 Å². The molecular weight excluding hydrogens is 1090 g/mol. The Morgan fingerprint density at radius 3 is 0.866 bits per heavy atom. The normalized spacial score (nSPS) is 14.8. The van der Waals surface area contributed by atoms with E-state index < -0.39 is 97.5 Å². The molecule has 0 amide bonds. The molecule has 0 aromatic heterocycles. The van der Waals surface area contributed by atoms with Gasteiger partial charge in [-0.25, -0.2) is 9.13 Å². The van der Waals surface area contributed by atoms with Gasteiger partial charge in [0.1, 0.15) is 19.3 Å². The van der Waals surface area contributed by atoms with Gasteiger partial charge in [-0.2, -0.15) is 0 Å². The van der Waals surface area contributed by atoms with Gasteiger partial charge in [0.2, 0.25) is 0 Å². The van der Waals surface area contributed by atoms with Gasteiger partial charge in [-0.15, -0.1) is 0 Å². The molecule has 0 aliphatic carbocycles. The van der Waals surface area contributed by atoms with Gasteiger partial charge < -0.3 is 33.8 Å². The summed E-state index contributed by atoms with van der Waals surface area (Å²) in [6.45, 7) is 13.9. The van der Waals surface area contributed by atoms with Crippen LogP contribution in [0.1, 0.15) is 299 Å². The Hall–Kier alpha value is -1.94. The summed E-state index contributed by atoms with van der Waals surface area (Å²) in [5.41, 5.74) is 0. The predicted molar refractivity (Wildman–Crippen MR) is 326 cm³/mol. The zero-order valence-corrected chi connectivity index (χ0v) is 54.9. The minimum absolute atomic E-state index is 0.101. The summed E-state index contributed by atoms with van der Waals surface area (Å²) in [6.07, 6.45) is 32.3. The molecule has 0 aliphatic heterocycles. The number of esters is 4. The summed E-state index contributed by atoms with van der Waals surface area (Å²) in [5.74, 6) is 0.724. The first-order valence-corrected chi connectivity index (χ1v) is 35.7. The van der Waals surface area contributed by atoms with E-state index in [4.69, 9.17) is 37.0 Å². The van der Waals surface area contributed by atoms with E-state index in [1.807, 2.05) is 0 Å². The van der Waals surface area contributed by atoms with Crippen molar-refractivity contribution in [3.63, 3.8) is 0 Å². The number of aliphatic hydroxyl groups is 1. The van der Waals surface area contributed by atoms with E-state index in [1.165, 1.54) is 96.3 Å². The topological polar surface area (TPSA) is 237 Å². The summed E-state index contributed by atoms with van der Waals surface area (Å²) in [6, 6.07) is 0. The molecule has 0 aliphatic rings. The van der Waals surface area contributed by atoms with Gasteiger partial charge in [0.15, 0.2) is 12.2 Å². The van der Waals surface area contributed by atoms with Gasteiger partial charge in [-0.3, -0.25) is 37.3 Å². The van der Waals surface area contributed by atoms with Gasteiger partial charge in [-0.05, 0) is 49.4 Å². The predicted octanol–water partition coefficient (Wildman–Crippen LogP) is 17.0. The van der Waals surface area contributed by atoms with E-state index in [2.05, 4.69) is 55.4 Å². The number of rotatable bonds is 60. The lowest BCUT2D eigenvalue weighted by Crippen LogP contribution is -2.30. The molecule has 0 aromatic rings. The van der Waals surface area contributed by atoms with E-state index in [1.54, 1.807) is 0 Å². The molecule has 0 radical (unpaired) electrons. The average molecular weight is 1210 g/mol. The van der Waals surface area contributed by atoms with E-state index in [-0.39, 0.29) is 25.7 Å². The number of hydrogen-bond donors (Lipinski definition) is 3. The average Bonchev–Trinajstić information content (AvgIpc) is 3.44. The van der Waals surface area contributed by atoms with Gasteiger partial charge in [-0.1, -0.05) is 248 Å². The smallest absolute Gasteiger partial charge is 0.462 e. The number of phosphoric acid groups is 2. The number of carbonyl (C=O) groups is 4. The van der Waals surface area contributed by atoms with E-state index >= 15 is 0 Å². The minimum atomic E-state index is -4.94. The molecule has 4 unspecified atom stereocenters. The highest BCUT2D eigenvalue weighted by molar-refractivity contribution is 7.47. The Morgan fingerprint density at radius 2 is 0.585 bits per heavy atom. The maximum absolute atomic E-state index is 13.0. The van der Waals surface area contributed by atoms with Crippen molar-refractivity contribution in [2.24, 2.45) is 23.7 Å². The second-order valence-electron chi connectivity index (χ2n) is 24.5. The van der Waals surface area contributed by atoms with Crippen molar-refractivity contribution in [2.75, 3.05) is 39.6 Å². The Labute approximate surface area is 498 Å². The molecular formula is C63H122O17P2. The van der Waals surface area contributed by atoms with Crippen LogP contribution in [-0.4, -0.2) is 96.7 Å². The van der Waals surface area contributed by atoms with E-state index in [0.717, 1.165) is 108 Å². The first kappa shape index (κ1) is 80.1. The first-order valence-electron chi connectivity index (χ1n) is 32.7. The van der Waals surface area contributed by atoms with Gasteiger partial charge >= 0.3 is 39.5 Å². The molecule has 0 heterocycles. The molecule has 0 spiro atoms. The summed E-state index contributed by atoms with van der Waals surface area (Å²) in [5, 5.41) is 10.5. The molecule has 0 aromatic carbocycles. The second kappa shape index (κ2) is 53.3. The Bertz CT molecular complexity index is 1650. The van der Waals surface area contributed by atoms with Crippen molar-refractivity contribution < 1.29 is 80.2 Å². The molecule has 0 saturated heterocycles. The fraction of sp³-hybridized carbons (Fsp3) is 0.937. The van der Waals surface area contributed by atoms with Crippen LogP contribution in [0.5, 0.6) is 0 Å². The number of ether oxygens (including phenoxy) is 4. The first-order chi connectivity index (χ1) is 39.1. The van der Waals surface area contributed by atoms with Crippen LogP contribution in [-0.2, 0) is 65.4 Å². The number of unbranched alkanes of at least 4 members (excludes halogenated alkanes) is 25. The van der Waals surface area contributed by atoms with Crippen molar-refractivity contribution in [2.45, 2.75) is 318 Å². The molecule has 19 heteroatoms. The molecule has 17 nitrogen and oxygen atoms in total. The largest absolute Gasteiger partial charge is 0.472 e. The van der Waals surface area contributed by atoms with E-state index in [9.17, 15) is 43.2 Å². The van der Waals surface area contributed by atoms with Crippen molar-refractivity contribution in [1.29, 1.82) is 0 Å². The molecule has 0 saturated carbocycles. The Kier molecular flexibility index (Phi) is 52.0. The highest BCUT2D eigenvalue weighted by atomic mass is 31.2. The highest BCUT2D eigenvalue weighted by Gasteiger charge is 2.30. The fourth-order valence-corrected chi connectivity index (χ4v) is 10.8. The monoisotopic (exact) mass is 1210 g/mol. The maximum atomic E-state index is 13.0. The highest BCUT2D eigenvalue weighted by Crippen LogP contribution is 2.45. The molecule has 6 atom stereocenters. The zero-order chi connectivity index (χ0) is 61.1. The van der Waals surface area contributed by atoms with Crippen molar-refractivity contribution >= 4 is 39.5 Å². The Balaban J connectivity index is 5.25. The molecule has 0 rings (SSSR count). The van der Waals surface area contributed by atoms with Crippen molar-refractivity contribution in [3.05, 3.63) is 0 Å². The van der Waals surface area contributed by atoms with Gasteiger partial charge in [0.05, 0.1) is 26.4 Å². The fourth-order valence-electron chi connectivity index (χ4n) is 9.22. The third-order valence-corrected chi connectivity index (χ3v) is 16.6. The number of aliphatic hydroxyl groups excluding tert-OH is 1. The SMILES string of the molecule is CCC(C)CCCCCCCCCCC(=O)OC[C@H](COP(=O)(O)OCC(O)COP(=O)(O)OC[C@@H](COC(=O)CCCCCCCCCC(C)C)OC(=O)CCCCCCCCC(C)C)OC(=O)CCCCCCCCCCC(C)C. The molecule has 3 N–H and O–H groups in total. The number of hydrogen-bond acceptors (Lipinski definition) is 15. The van der Waals surface area contributed by atoms with Crippen LogP contribution < -0.4 is 0 Å². The summed E-state index contributed by atoms with van der Waals surface area (Å²) in [7, 11) is -9.89. The van der Waals surface area contributed by atoms with Crippen molar-refractivity contribution in [3.8, 4) is 0 Å². The zero-order valence-electron chi connectivity index (χ0n) is 53.1. The van der Waals surface area contributed by atoms with Gasteiger partial charge in [0, 0.05) is 25.7 Å². The number of carbonyl (C=O) groups excluding carboxylic acids is 4. The quantitative estimate of drug-likeness (QED) is 0.0222. The minimum Gasteiger partial charge on any atom is -0.462 e. The lowest BCUT2D eigenvalue weighted by molar-refractivity contribution is -0.161. The molecule has 82 heavy (non-hydrogen) atoms. The van der Waals surface area contributed by atoms with Crippen LogP contribution in [0.25, 0.3) is 0 Å². The maximum Gasteiger partial charge on any atom is 0.472 e. The van der Waals surface area contributed by atoms with Crippen LogP contribution in [0.2, 0.25) is 0 Å². The lowest BCUT2D eigenvalue weighted by Gasteiger charge is -2.21. The van der Waals surface area contributed by atoms with Crippen molar-refractivity contribution in [1.82, 2.24) is 0 Å². The Morgan fingerprint density at radius 1 is 0.341 bits per heavy atom. The molecule has 0 fully saturated rings. The van der Waals surface area contributed by atoms with Crippen LogP contribution in [0.3, 0.4) is 0 Å². The van der Waals surface area contributed by atoms with Crippen LogP contribution in [0.4, 0.5) is 0 Å². The number of phosphoric ester groups is 2. The summed E-state index contributed by atoms with van der Waals surface area (Å²) >= 11 is 0. The van der Waals surface area contributed by atoms with Crippen LogP contribution in [0, 0.1) is 23.7 Å². The molecule has 486 valence electrons. The van der Waals surface area contributed by atoms with Crippen LogP contribution >= 0.6 is 15.6 Å². The van der Waals surface area contributed by atoms with Gasteiger partial charge in [0.25, 0.3) is 0 Å². The standard InChI is InChI=1S/C63H122O17P2/c1-9-56(8)42-34-26-17-11-13-18-27-35-43-60(65)73-49-58(79-62(67)45-37-29-19-12-10-15-23-31-39-53(2)3)51-77-81(69,70)75-47-57(64)48-76-82(71,72)78-52-59(80-63(68)46-38-30-22-21-25-33-41-55(6)7)50-74-61(66)44-36-28-20-14-16-24-32-40-54(4)5/h53-59,64H,9-52H2,1-8H3,(H,69,70)(H,71,72)/t56?,57?,58-,59-/m1/s1. The molecule has 0 bridgehead atoms. The summed E-state index contributed by atoms with van der Waals surface area (Å²) < 4.78 is 67.9. The summed E-state index contributed by atoms with van der Waals surface area (Å²) in [4.78, 5) is 72.1. The lowest BCUT2D eigenvalue weighted by atomic mass is 9.99.